The number of halogens is 2. The number of rotatable bonds is 5. The van der Waals surface area contributed by atoms with Crippen molar-refractivity contribution >= 4 is 23.2 Å². The van der Waals surface area contributed by atoms with Gasteiger partial charge in [0.1, 0.15) is 5.82 Å². The fraction of sp³-hybridized carbons (Fsp3) is 0.471. The Bertz CT molecular complexity index is 791. The van der Waals surface area contributed by atoms with Gasteiger partial charge in [-0.3, -0.25) is 9.69 Å². The van der Waals surface area contributed by atoms with Crippen LogP contribution in [0.5, 0.6) is 0 Å². The summed E-state index contributed by atoms with van der Waals surface area (Å²) in [7, 11) is 0. The van der Waals surface area contributed by atoms with E-state index < -0.39 is 5.82 Å². The van der Waals surface area contributed by atoms with Crippen LogP contribution in [-0.4, -0.2) is 45.4 Å². The van der Waals surface area contributed by atoms with Crippen molar-refractivity contribution < 1.29 is 9.18 Å². The number of aromatic nitrogens is 3. The predicted octanol–water partition coefficient (Wildman–Crippen LogP) is 2.83. The number of benzene rings is 1. The minimum Gasteiger partial charge on any atom is -0.325 e. The number of nitrogens with one attached hydrogen (secondary N) is 1. The average molecular weight is 364 g/mol. The van der Waals surface area contributed by atoms with Crippen LogP contribution in [0.1, 0.15) is 36.9 Å². The molecule has 1 aromatic heterocycles. The van der Waals surface area contributed by atoms with Crippen molar-refractivity contribution in [2.45, 2.75) is 31.2 Å². The molecule has 132 valence electrons. The molecule has 0 spiro atoms. The molecule has 1 unspecified atom stereocenters. The Morgan fingerprint density at radius 1 is 1.36 bits per heavy atom. The zero-order chi connectivity index (χ0) is 17.4. The van der Waals surface area contributed by atoms with Crippen LogP contribution in [0.4, 0.5) is 10.1 Å². The number of anilines is 1. The monoisotopic (exact) mass is 363 g/mol. The van der Waals surface area contributed by atoms with E-state index in [4.69, 9.17) is 11.6 Å². The van der Waals surface area contributed by atoms with E-state index in [0.717, 1.165) is 25.2 Å². The molecule has 0 bridgehead atoms. The first-order valence-electron chi connectivity index (χ1n) is 8.47. The van der Waals surface area contributed by atoms with Crippen molar-refractivity contribution in [2.24, 2.45) is 0 Å². The lowest BCUT2D eigenvalue weighted by Gasteiger charge is -2.15. The van der Waals surface area contributed by atoms with Gasteiger partial charge in [-0.1, -0.05) is 16.8 Å². The molecule has 1 atom stereocenters. The summed E-state index contributed by atoms with van der Waals surface area (Å²) in [6, 6.07) is 4.41. The van der Waals surface area contributed by atoms with E-state index in [1.807, 2.05) is 10.9 Å². The molecule has 2 fully saturated rings. The van der Waals surface area contributed by atoms with Gasteiger partial charge in [0.25, 0.3) is 0 Å². The van der Waals surface area contributed by atoms with E-state index in [9.17, 15) is 9.18 Å². The van der Waals surface area contributed by atoms with E-state index in [1.165, 1.54) is 31.0 Å². The number of hydrogen-bond donors (Lipinski definition) is 1. The minimum atomic E-state index is -0.500. The lowest BCUT2D eigenvalue weighted by molar-refractivity contribution is -0.117. The van der Waals surface area contributed by atoms with Crippen LogP contribution in [0, 0.1) is 5.82 Å². The molecule has 2 aliphatic rings. The summed E-state index contributed by atoms with van der Waals surface area (Å²) < 4.78 is 15.1. The van der Waals surface area contributed by atoms with Crippen LogP contribution in [0.15, 0.2) is 24.4 Å². The van der Waals surface area contributed by atoms with Crippen LogP contribution in [0.3, 0.4) is 0 Å². The molecule has 8 heteroatoms. The Balaban J connectivity index is 1.30. The molecule has 4 rings (SSSR count). The highest BCUT2D eigenvalue weighted by Gasteiger charge is 2.30. The van der Waals surface area contributed by atoms with Gasteiger partial charge in [-0.25, -0.2) is 9.07 Å². The second-order valence-electron chi connectivity index (χ2n) is 6.75. The second kappa shape index (κ2) is 6.72. The zero-order valence-electron chi connectivity index (χ0n) is 13.7. The molecule has 25 heavy (non-hydrogen) atoms. The highest BCUT2D eigenvalue weighted by molar-refractivity contribution is 6.31. The first-order valence-corrected chi connectivity index (χ1v) is 8.85. The van der Waals surface area contributed by atoms with Gasteiger partial charge in [0.15, 0.2) is 0 Å². The number of amides is 1. The van der Waals surface area contributed by atoms with Gasteiger partial charge in [0.05, 0.1) is 23.3 Å². The maximum Gasteiger partial charge on any atom is 0.238 e. The first-order chi connectivity index (χ1) is 12.1. The summed E-state index contributed by atoms with van der Waals surface area (Å²) in [6.07, 6.45) is 5.42. The molecule has 1 aromatic carbocycles. The number of likely N-dealkylation sites (tertiary alicyclic amines) is 1. The Kier molecular flexibility index (Phi) is 4.43. The molecule has 1 aliphatic heterocycles. The molecule has 1 amide bonds. The molecule has 1 aliphatic carbocycles. The standard InChI is InChI=1S/C17H19ClFN5O/c18-14-7-12(3-4-15(14)19)20-17(25)10-23-6-5-13(8-23)24-9-16(21-22-24)11-1-2-11/h3-4,7,9,11,13H,1-2,5-6,8,10H2,(H,20,25). The molecule has 6 nitrogen and oxygen atoms in total. The Hall–Kier alpha value is -1.99. The number of hydrogen-bond acceptors (Lipinski definition) is 4. The Labute approximate surface area is 149 Å². The topological polar surface area (TPSA) is 63.1 Å². The fourth-order valence-corrected chi connectivity index (χ4v) is 3.36. The summed E-state index contributed by atoms with van der Waals surface area (Å²) in [6.45, 7) is 1.89. The second-order valence-corrected chi connectivity index (χ2v) is 7.16. The number of carbonyl (C=O) groups excluding carboxylic acids is 1. The van der Waals surface area contributed by atoms with Gasteiger partial charge in [-0.2, -0.15) is 0 Å². The highest BCUT2D eigenvalue weighted by atomic mass is 35.5. The third kappa shape index (κ3) is 3.82. The summed E-state index contributed by atoms with van der Waals surface area (Å²) >= 11 is 5.73. The molecule has 1 N–H and O–H groups in total. The van der Waals surface area contributed by atoms with E-state index in [-0.39, 0.29) is 23.5 Å². The largest absolute Gasteiger partial charge is 0.325 e. The predicted molar refractivity (Wildman–Crippen MR) is 92.1 cm³/mol. The van der Waals surface area contributed by atoms with Crippen molar-refractivity contribution in [1.82, 2.24) is 19.9 Å². The van der Waals surface area contributed by atoms with E-state index in [2.05, 4.69) is 20.5 Å². The smallest absolute Gasteiger partial charge is 0.238 e. The van der Waals surface area contributed by atoms with Crippen molar-refractivity contribution in [3.05, 3.63) is 40.9 Å². The van der Waals surface area contributed by atoms with E-state index in [0.29, 0.717) is 11.6 Å². The molecule has 0 radical (unpaired) electrons. The molecule has 2 heterocycles. The fourth-order valence-electron chi connectivity index (χ4n) is 3.18. The third-order valence-electron chi connectivity index (χ3n) is 4.72. The van der Waals surface area contributed by atoms with Crippen LogP contribution in [0.2, 0.25) is 5.02 Å². The summed E-state index contributed by atoms with van der Waals surface area (Å²) in [5, 5.41) is 11.2. The highest BCUT2D eigenvalue weighted by Crippen LogP contribution is 2.39. The Morgan fingerprint density at radius 3 is 2.96 bits per heavy atom. The quantitative estimate of drug-likeness (QED) is 0.887. The van der Waals surface area contributed by atoms with Gasteiger partial charge in [-0.05, 0) is 37.5 Å². The minimum absolute atomic E-state index is 0.00307. The van der Waals surface area contributed by atoms with Gasteiger partial charge < -0.3 is 5.32 Å². The average Bonchev–Trinajstić information content (AvgIpc) is 3.13. The van der Waals surface area contributed by atoms with Gasteiger partial charge >= 0.3 is 0 Å². The van der Waals surface area contributed by atoms with Gasteiger partial charge in [0.2, 0.25) is 5.91 Å². The van der Waals surface area contributed by atoms with Crippen LogP contribution < -0.4 is 5.32 Å². The zero-order valence-corrected chi connectivity index (χ0v) is 14.4. The number of carbonyl (C=O) groups is 1. The van der Waals surface area contributed by atoms with Gasteiger partial charge in [0, 0.05) is 30.9 Å². The SMILES string of the molecule is O=C(CN1CCC(n2cc(C3CC3)nn2)C1)Nc1ccc(F)c(Cl)c1. The summed E-state index contributed by atoms with van der Waals surface area (Å²) in [5.74, 6) is -0.0411. The third-order valence-corrected chi connectivity index (χ3v) is 5.01. The van der Waals surface area contributed by atoms with E-state index >= 15 is 0 Å². The molecular weight excluding hydrogens is 345 g/mol. The lowest BCUT2D eigenvalue weighted by atomic mass is 10.2. The normalized spacial score (nSPS) is 20.8. The van der Waals surface area contributed by atoms with Crippen LogP contribution in [0.25, 0.3) is 0 Å². The molecule has 1 saturated carbocycles. The molecule has 1 saturated heterocycles. The lowest BCUT2D eigenvalue weighted by Crippen LogP contribution is -2.32. The number of nitrogens with zero attached hydrogens (tertiary/aromatic N) is 4. The Morgan fingerprint density at radius 2 is 2.20 bits per heavy atom. The first kappa shape index (κ1) is 16.5. The van der Waals surface area contributed by atoms with Crippen molar-refractivity contribution in [3.63, 3.8) is 0 Å². The van der Waals surface area contributed by atoms with Crippen molar-refractivity contribution in [2.75, 3.05) is 25.0 Å². The van der Waals surface area contributed by atoms with Gasteiger partial charge in [-0.15, -0.1) is 5.10 Å². The van der Waals surface area contributed by atoms with Crippen molar-refractivity contribution in [1.29, 1.82) is 0 Å². The summed E-state index contributed by atoms with van der Waals surface area (Å²) in [4.78, 5) is 14.3. The molecular formula is C17H19ClFN5O. The molecule has 2 aromatic rings. The van der Waals surface area contributed by atoms with Crippen LogP contribution in [-0.2, 0) is 4.79 Å². The maximum absolute atomic E-state index is 13.2. The maximum atomic E-state index is 13.2. The van der Waals surface area contributed by atoms with Crippen LogP contribution >= 0.6 is 11.6 Å². The van der Waals surface area contributed by atoms with E-state index in [1.54, 1.807) is 0 Å². The summed E-state index contributed by atoms with van der Waals surface area (Å²) in [5.41, 5.74) is 1.59. The van der Waals surface area contributed by atoms with Crippen molar-refractivity contribution in [3.8, 4) is 0 Å².